The molecule has 0 aliphatic carbocycles. The van der Waals surface area contributed by atoms with E-state index in [-0.39, 0.29) is 5.82 Å². The third kappa shape index (κ3) is 2.86. The van der Waals surface area contributed by atoms with Gasteiger partial charge in [0.15, 0.2) is 5.82 Å². The van der Waals surface area contributed by atoms with Crippen LogP contribution in [0.25, 0.3) is 11.4 Å². The molecule has 5 heteroatoms. The third-order valence-corrected chi connectivity index (χ3v) is 4.04. The average Bonchev–Trinajstić information content (AvgIpc) is 2.42. The summed E-state index contributed by atoms with van der Waals surface area (Å²) < 4.78 is 14.3. The Hall–Kier alpha value is -1.24. The highest BCUT2D eigenvalue weighted by Crippen LogP contribution is 2.25. The monoisotopic (exact) mass is 371 g/mol. The molecule has 0 bridgehead atoms. The number of anilines is 1. The Balaban J connectivity index is 2.58. The highest BCUT2D eigenvalue weighted by molar-refractivity contribution is 14.1. The summed E-state index contributed by atoms with van der Waals surface area (Å²) in [5.41, 5.74) is 2.43. The minimum atomic E-state index is -0.209. The highest BCUT2D eigenvalue weighted by Gasteiger charge is 2.12. The van der Waals surface area contributed by atoms with Gasteiger partial charge in [-0.25, -0.2) is 14.4 Å². The minimum absolute atomic E-state index is 0.209. The van der Waals surface area contributed by atoms with Crippen LogP contribution in [-0.4, -0.2) is 17.0 Å². The van der Waals surface area contributed by atoms with Gasteiger partial charge in [0.25, 0.3) is 0 Å². The Morgan fingerprint density at radius 2 is 2.05 bits per heavy atom. The number of halogens is 2. The molecule has 0 atom stereocenters. The van der Waals surface area contributed by atoms with Crippen molar-refractivity contribution < 1.29 is 4.39 Å². The summed E-state index contributed by atoms with van der Waals surface area (Å²) in [4.78, 5) is 9.05. The standard InChI is InChI=1S/C14H15FIN3/c1-4-11-12(16)14(17-3)19-13(18-11)9-5-6-10(15)8(2)7-9/h5-7H,4H2,1-3H3,(H,17,18,19). The van der Waals surface area contributed by atoms with E-state index in [4.69, 9.17) is 0 Å². The van der Waals surface area contributed by atoms with Crippen molar-refractivity contribution in [2.24, 2.45) is 0 Å². The van der Waals surface area contributed by atoms with Gasteiger partial charge in [-0.15, -0.1) is 0 Å². The first kappa shape index (κ1) is 14.2. The molecule has 2 rings (SSSR count). The number of nitrogens with one attached hydrogen (secondary N) is 1. The molecule has 1 N–H and O–H groups in total. The molecule has 0 amide bonds. The molecule has 0 aliphatic heterocycles. The predicted octanol–water partition coefficient (Wildman–Crippen LogP) is 3.80. The van der Waals surface area contributed by atoms with Crippen molar-refractivity contribution in [1.29, 1.82) is 0 Å². The SMILES string of the molecule is CCc1nc(-c2ccc(F)c(C)c2)nc(NC)c1I. The molecule has 3 nitrogen and oxygen atoms in total. The molecule has 2 aromatic rings. The number of hydrogen-bond donors (Lipinski definition) is 1. The summed E-state index contributed by atoms with van der Waals surface area (Å²) in [5, 5.41) is 3.07. The molecule has 0 saturated heterocycles. The van der Waals surface area contributed by atoms with Gasteiger partial charge in [0.2, 0.25) is 0 Å². The molecule has 0 spiro atoms. The van der Waals surface area contributed by atoms with Crippen LogP contribution in [0.5, 0.6) is 0 Å². The average molecular weight is 371 g/mol. The van der Waals surface area contributed by atoms with Crippen LogP contribution >= 0.6 is 22.6 Å². The summed E-state index contributed by atoms with van der Waals surface area (Å²) in [6, 6.07) is 4.94. The van der Waals surface area contributed by atoms with Gasteiger partial charge in [0.05, 0.1) is 9.26 Å². The summed E-state index contributed by atoms with van der Waals surface area (Å²) in [6.07, 6.45) is 0.836. The lowest BCUT2D eigenvalue weighted by molar-refractivity contribution is 0.618. The van der Waals surface area contributed by atoms with E-state index in [1.807, 2.05) is 7.05 Å². The molecule has 0 saturated carbocycles. The van der Waals surface area contributed by atoms with Crippen LogP contribution < -0.4 is 5.32 Å². The maximum atomic E-state index is 13.3. The van der Waals surface area contributed by atoms with E-state index in [9.17, 15) is 4.39 Å². The first-order valence-electron chi connectivity index (χ1n) is 6.07. The van der Waals surface area contributed by atoms with E-state index in [0.29, 0.717) is 11.4 Å². The molecular weight excluding hydrogens is 356 g/mol. The molecule has 0 unspecified atom stereocenters. The Labute approximate surface area is 125 Å². The molecule has 19 heavy (non-hydrogen) atoms. The van der Waals surface area contributed by atoms with E-state index in [1.165, 1.54) is 6.07 Å². The quantitative estimate of drug-likeness (QED) is 0.835. The fourth-order valence-electron chi connectivity index (χ4n) is 1.81. The fourth-order valence-corrected chi connectivity index (χ4v) is 2.70. The van der Waals surface area contributed by atoms with E-state index >= 15 is 0 Å². The minimum Gasteiger partial charge on any atom is -0.372 e. The Kier molecular flexibility index (Phi) is 4.34. The zero-order valence-corrected chi connectivity index (χ0v) is 13.2. The second-order valence-corrected chi connectivity index (χ2v) is 5.30. The van der Waals surface area contributed by atoms with E-state index in [2.05, 4.69) is 44.8 Å². The smallest absolute Gasteiger partial charge is 0.161 e. The second-order valence-electron chi connectivity index (χ2n) is 4.22. The van der Waals surface area contributed by atoms with Crippen molar-refractivity contribution in [3.8, 4) is 11.4 Å². The maximum Gasteiger partial charge on any atom is 0.161 e. The number of benzene rings is 1. The number of aryl methyl sites for hydroxylation is 2. The van der Waals surface area contributed by atoms with Crippen LogP contribution in [0.1, 0.15) is 18.2 Å². The molecule has 0 aliphatic rings. The summed E-state index contributed by atoms with van der Waals surface area (Å²) in [6.45, 7) is 3.80. The lowest BCUT2D eigenvalue weighted by Crippen LogP contribution is -2.05. The zero-order chi connectivity index (χ0) is 14.0. The van der Waals surface area contributed by atoms with Gasteiger partial charge < -0.3 is 5.32 Å². The fraction of sp³-hybridized carbons (Fsp3) is 0.286. The van der Waals surface area contributed by atoms with Gasteiger partial charge in [-0.05, 0) is 59.7 Å². The third-order valence-electron chi connectivity index (χ3n) is 2.91. The van der Waals surface area contributed by atoms with Crippen molar-refractivity contribution in [3.63, 3.8) is 0 Å². The lowest BCUT2D eigenvalue weighted by Gasteiger charge is -2.10. The number of aromatic nitrogens is 2. The van der Waals surface area contributed by atoms with Gasteiger partial charge in [-0.1, -0.05) is 6.92 Å². The Morgan fingerprint density at radius 1 is 1.32 bits per heavy atom. The molecule has 0 fully saturated rings. The summed E-state index contributed by atoms with van der Waals surface area (Å²) in [5.74, 6) is 1.23. The lowest BCUT2D eigenvalue weighted by atomic mass is 10.1. The van der Waals surface area contributed by atoms with Crippen LogP contribution in [0.3, 0.4) is 0 Å². The first-order chi connectivity index (χ1) is 9.06. The van der Waals surface area contributed by atoms with E-state index in [0.717, 1.165) is 27.1 Å². The largest absolute Gasteiger partial charge is 0.372 e. The summed E-state index contributed by atoms with van der Waals surface area (Å²) >= 11 is 2.24. The number of nitrogens with zero attached hydrogens (tertiary/aromatic N) is 2. The molecule has 1 heterocycles. The zero-order valence-electron chi connectivity index (χ0n) is 11.1. The van der Waals surface area contributed by atoms with Crippen LogP contribution in [0, 0.1) is 16.3 Å². The van der Waals surface area contributed by atoms with Crippen LogP contribution in [0.4, 0.5) is 10.2 Å². The van der Waals surface area contributed by atoms with Gasteiger partial charge in [0.1, 0.15) is 11.6 Å². The van der Waals surface area contributed by atoms with Gasteiger partial charge >= 0.3 is 0 Å². The molecule has 100 valence electrons. The normalized spacial score (nSPS) is 10.6. The van der Waals surface area contributed by atoms with Crippen molar-refractivity contribution in [2.75, 3.05) is 12.4 Å². The van der Waals surface area contributed by atoms with Crippen LogP contribution in [0.2, 0.25) is 0 Å². The predicted molar refractivity (Wildman–Crippen MR) is 83.8 cm³/mol. The van der Waals surface area contributed by atoms with Crippen molar-refractivity contribution in [1.82, 2.24) is 9.97 Å². The topological polar surface area (TPSA) is 37.8 Å². The van der Waals surface area contributed by atoms with Crippen molar-refractivity contribution in [3.05, 3.63) is 38.8 Å². The Morgan fingerprint density at radius 3 is 2.63 bits per heavy atom. The van der Waals surface area contributed by atoms with E-state index < -0.39 is 0 Å². The van der Waals surface area contributed by atoms with Gasteiger partial charge in [-0.3, -0.25) is 0 Å². The second kappa shape index (κ2) is 5.81. The number of rotatable bonds is 3. The van der Waals surface area contributed by atoms with Gasteiger partial charge in [0, 0.05) is 12.6 Å². The molecule has 0 radical (unpaired) electrons. The molecule has 1 aromatic carbocycles. The van der Waals surface area contributed by atoms with Crippen molar-refractivity contribution >= 4 is 28.4 Å². The van der Waals surface area contributed by atoms with Crippen molar-refractivity contribution in [2.45, 2.75) is 20.3 Å². The summed E-state index contributed by atoms with van der Waals surface area (Å²) in [7, 11) is 1.84. The highest BCUT2D eigenvalue weighted by atomic mass is 127. The van der Waals surface area contributed by atoms with Gasteiger partial charge in [-0.2, -0.15) is 0 Å². The van der Waals surface area contributed by atoms with E-state index in [1.54, 1.807) is 19.1 Å². The first-order valence-corrected chi connectivity index (χ1v) is 7.15. The maximum absolute atomic E-state index is 13.3. The molecule has 1 aromatic heterocycles. The number of hydrogen-bond acceptors (Lipinski definition) is 3. The Bertz CT molecular complexity index is 589. The van der Waals surface area contributed by atoms with Crippen LogP contribution in [0.15, 0.2) is 18.2 Å². The van der Waals surface area contributed by atoms with Crippen LogP contribution in [-0.2, 0) is 6.42 Å². The molecular formula is C14H15FIN3.